The molecular weight excluding hydrogens is 350 g/mol. The molecule has 4 rings (SSSR count). The number of aromatic nitrogens is 4. The Morgan fingerprint density at radius 2 is 1.69 bits per heavy atom. The zero-order chi connectivity index (χ0) is 18.3. The second-order valence-electron chi connectivity index (χ2n) is 5.84. The van der Waals surface area contributed by atoms with Crippen molar-refractivity contribution in [3.8, 4) is 0 Å². The minimum Gasteiger partial charge on any atom is -0.274 e. The van der Waals surface area contributed by atoms with E-state index in [4.69, 9.17) is 0 Å². The number of benzene rings is 2. The third kappa shape index (κ3) is 2.41. The average molecular weight is 367 g/mol. The summed E-state index contributed by atoms with van der Waals surface area (Å²) in [6, 6.07) is 15.8. The molecule has 8 heteroatoms. The predicted octanol–water partition coefficient (Wildman–Crippen LogP) is 2.67. The molecule has 4 aromatic rings. The number of aryl methyl sites for hydroxylation is 1. The van der Waals surface area contributed by atoms with Crippen molar-refractivity contribution < 1.29 is 8.42 Å². The maximum atomic E-state index is 13.0. The summed E-state index contributed by atoms with van der Waals surface area (Å²) in [6.45, 7) is 1.98. The lowest BCUT2D eigenvalue weighted by Crippen LogP contribution is -2.28. The Bertz CT molecular complexity index is 1200. The number of rotatable bonds is 4. The van der Waals surface area contributed by atoms with Crippen LogP contribution >= 0.6 is 0 Å². The minimum atomic E-state index is -3.76. The summed E-state index contributed by atoms with van der Waals surface area (Å²) in [5.74, 6) is 1.00. The monoisotopic (exact) mass is 367 g/mol. The van der Waals surface area contributed by atoms with E-state index in [9.17, 15) is 8.42 Å². The van der Waals surface area contributed by atoms with Crippen molar-refractivity contribution in [1.82, 2.24) is 19.6 Å². The Balaban J connectivity index is 2.00. The molecule has 0 aliphatic heterocycles. The van der Waals surface area contributed by atoms with Crippen molar-refractivity contribution in [2.45, 2.75) is 18.2 Å². The molecule has 0 radical (unpaired) electrons. The Hall–Kier alpha value is -3.00. The van der Waals surface area contributed by atoms with E-state index >= 15 is 0 Å². The van der Waals surface area contributed by atoms with E-state index in [1.807, 2.05) is 35.6 Å². The standard InChI is InChI=1S/C18H17N5O2S/c1-3-16-20-21-18-17(19-14-11-7-8-12-15(14)23(16)18)22(2)26(24,25)13-9-5-4-6-10-13/h4-12H,3H2,1-2H3. The highest BCUT2D eigenvalue weighted by atomic mass is 32.2. The van der Waals surface area contributed by atoms with Crippen LogP contribution in [0.2, 0.25) is 0 Å². The van der Waals surface area contributed by atoms with E-state index in [1.165, 1.54) is 7.05 Å². The third-order valence-electron chi connectivity index (χ3n) is 4.30. The fourth-order valence-electron chi connectivity index (χ4n) is 2.93. The van der Waals surface area contributed by atoms with Gasteiger partial charge in [-0.25, -0.2) is 17.7 Å². The molecule has 0 N–H and O–H groups in total. The van der Waals surface area contributed by atoms with Gasteiger partial charge in [-0.15, -0.1) is 10.2 Å². The van der Waals surface area contributed by atoms with Crippen molar-refractivity contribution in [2.24, 2.45) is 0 Å². The number of anilines is 1. The number of hydrogen-bond donors (Lipinski definition) is 0. The lowest BCUT2D eigenvalue weighted by atomic mass is 10.3. The molecule has 0 bridgehead atoms. The van der Waals surface area contributed by atoms with Gasteiger partial charge in [0, 0.05) is 13.5 Å². The molecule has 7 nitrogen and oxygen atoms in total. The SMILES string of the molecule is CCc1nnc2c(N(C)S(=O)(=O)c3ccccc3)nc3ccccc3n12. The van der Waals surface area contributed by atoms with Crippen LogP contribution in [0.5, 0.6) is 0 Å². The van der Waals surface area contributed by atoms with Crippen LogP contribution < -0.4 is 4.31 Å². The number of para-hydroxylation sites is 2. The van der Waals surface area contributed by atoms with Crippen LogP contribution in [0.25, 0.3) is 16.7 Å². The van der Waals surface area contributed by atoms with Gasteiger partial charge in [-0.05, 0) is 24.3 Å². The molecule has 2 heterocycles. The summed E-state index contributed by atoms with van der Waals surface area (Å²) in [6.07, 6.45) is 0.670. The minimum absolute atomic E-state index is 0.200. The quantitative estimate of drug-likeness (QED) is 0.554. The largest absolute Gasteiger partial charge is 0.274 e. The molecule has 0 aliphatic rings. The Labute approximate surface area is 151 Å². The van der Waals surface area contributed by atoms with Gasteiger partial charge in [-0.2, -0.15) is 0 Å². The van der Waals surface area contributed by atoms with Gasteiger partial charge in [0.15, 0.2) is 5.82 Å². The lowest BCUT2D eigenvalue weighted by molar-refractivity contribution is 0.594. The summed E-state index contributed by atoms with van der Waals surface area (Å²) in [5.41, 5.74) is 1.95. The van der Waals surface area contributed by atoms with Crippen molar-refractivity contribution in [2.75, 3.05) is 11.4 Å². The molecule has 0 spiro atoms. The van der Waals surface area contributed by atoms with E-state index < -0.39 is 10.0 Å². The third-order valence-corrected chi connectivity index (χ3v) is 6.06. The second-order valence-corrected chi connectivity index (χ2v) is 7.81. The van der Waals surface area contributed by atoms with Gasteiger partial charge in [0.1, 0.15) is 5.82 Å². The first-order valence-corrected chi connectivity index (χ1v) is 9.64. The van der Waals surface area contributed by atoms with Crippen molar-refractivity contribution in [3.05, 3.63) is 60.4 Å². The van der Waals surface area contributed by atoms with Crippen LogP contribution in [0.4, 0.5) is 5.82 Å². The number of hydrogen-bond acceptors (Lipinski definition) is 5. The number of fused-ring (bicyclic) bond motifs is 3. The molecule has 0 aliphatic carbocycles. The van der Waals surface area contributed by atoms with Gasteiger partial charge in [-0.1, -0.05) is 37.3 Å². The van der Waals surface area contributed by atoms with E-state index in [0.717, 1.165) is 15.6 Å². The highest BCUT2D eigenvalue weighted by Crippen LogP contribution is 2.27. The topological polar surface area (TPSA) is 80.5 Å². The molecule has 132 valence electrons. The van der Waals surface area contributed by atoms with E-state index in [-0.39, 0.29) is 10.7 Å². The van der Waals surface area contributed by atoms with E-state index in [0.29, 0.717) is 17.6 Å². The molecule has 0 atom stereocenters. The summed E-state index contributed by atoms with van der Waals surface area (Å²) >= 11 is 0. The average Bonchev–Trinajstić information content (AvgIpc) is 3.12. The fourth-order valence-corrected chi connectivity index (χ4v) is 4.10. The van der Waals surface area contributed by atoms with Gasteiger partial charge < -0.3 is 0 Å². The summed E-state index contributed by atoms with van der Waals surface area (Å²) in [7, 11) is -2.27. The predicted molar refractivity (Wildman–Crippen MR) is 99.7 cm³/mol. The lowest BCUT2D eigenvalue weighted by Gasteiger charge is -2.19. The summed E-state index contributed by atoms with van der Waals surface area (Å²) in [5, 5.41) is 8.43. The maximum Gasteiger partial charge on any atom is 0.265 e. The normalized spacial score (nSPS) is 11.9. The first-order valence-electron chi connectivity index (χ1n) is 8.20. The second kappa shape index (κ2) is 6.06. The molecular formula is C18H17N5O2S. The summed E-state index contributed by atoms with van der Waals surface area (Å²) < 4.78 is 29.1. The van der Waals surface area contributed by atoms with Crippen LogP contribution in [0.1, 0.15) is 12.7 Å². The Kier molecular flexibility index (Phi) is 3.84. The molecule has 26 heavy (non-hydrogen) atoms. The van der Waals surface area contributed by atoms with Crippen LogP contribution in [0.3, 0.4) is 0 Å². The molecule has 0 unspecified atom stereocenters. The Morgan fingerprint density at radius 3 is 2.42 bits per heavy atom. The zero-order valence-corrected chi connectivity index (χ0v) is 15.2. The van der Waals surface area contributed by atoms with E-state index in [1.54, 1.807) is 30.3 Å². The summed E-state index contributed by atoms with van der Waals surface area (Å²) in [4.78, 5) is 4.77. The van der Waals surface area contributed by atoms with Gasteiger partial charge in [0.25, 0.3) is 10.0 Å². The van der Waals surface area contributed by atoms with Crippen LogP contribution in [-0.4, -0.2) is 35.0 Å². The van der Waals surface area contributed by atoms with Crippen molar-refractivity contribution in [3.63, 3.8) is 0 Å². The molecule has 0 amide bonds. The smallest absolute Gasteiger partial charge is 0.265 e. The van der Waals surface area contributed by atoms with Crippen LogP contribution in [-0.2, 0) is 16.4 Å². The van der Waals surface area contributed by atoms with E-state index in [2.05, 4.69) is 15.2 Å². The van der Waals surface area contributed by atoms with Crippen molar-refractivity contribution >= 4 is 32.5 Å². The van der Waals surface area contributed by atoms with Gasteiger partial charge in [-0.3, -0.25) is 4.40 Å². The van der Waals surface area contributed by atoms with Gasteiger partial charge in [0.05, 0.1) is 15.9 Å². The van der Waals surface area contributed by atoms with Crippen LogP contribution in [0, 0.1) is 0 Å². The molecule has 0 saturated heterocycles. The Morgan fingerprint density at radius 1 is 1.00 bits per heavy atom. The first-order chi connectivity index (χ1) is 12.5. The first kappa shape index (κ1) is 16.5. The number of sulfonamides is 1. The zero-order valence-electron chi connectivity index (χ0n) is 14.4. The van der Waals surface area contributed by atoms with Crippen molar-refractivity contribution in [1.29, 1.82) is 0 Å². The highest BCUT2D eigenvalue weighted by molar-refractivity contribution is 7.92. The molecule has 2 aromatic heterocycles. The molecule has 0 saturated carbocycles. The fraction of sp³-hybridized carbons (Fsp3) is 0.167. The molecule has 0 fully saturated rings. The molecule has 2 aromatic carbocycles. The van der Waals surface area contributed by atoms with Gasteiger partial charge >= 0.3 is 0 Å². The van der Waals surface area contributed by atoms with Gasteiger partial charge in [0.2, 0.25) is 5.65 Å². The van der Waals surface area contributed by atoms with Crippen LogP contribution in [0.15, 0.2) is 59.5 Å². The number of nitrogens with zero attached hydrogens (tertiary/aromatic N) is 5. The highest BCUT2D eigenvalue weighted by Gasteiger charge is 2.26. The maximum absolute atomic E-state index is 13.0.